The third-order valence-electron chi connectivity index (χ3n) is 4.48. The lowest BCUT2D eigenvalue weighted by Crippen LogP contribution is -2.37. The van der Waals surface area contributed by atoms with E-state index in [1.807, 2.05) is 18.2 Å². The molecular weight excluding hydrogens is 459 g/mol. The minimum Gasteiger partial charge on any atom is -0.493 e. The first-order valence-electron chi connectivity index (χ1n) is 8.81. The topological polar surface area (TPSA) is 85.6 Å². The van der Waals surface area contributed by atoms with E-state index in [0.717, 1.165) is 35.9 Å². The summed E-state index contributed by atoms with van der Waals surface area (Å²) in [7, 11) is 5.02. The Hall–Kier alpha value is -2.04. The number of benzene rings is 1. The number of aliphatic imine (C=N–C) groups is 1. The number of hydrogen-bond acceptors (Lipinski definition) is 5. The predicted molar refractivity (Wildman–Crippen MR) is 115 cm³/mol. The van der Waals surface area contributed by atoms with Crippen molar-refractivity contribution >= 4 is 29.9 Å². The van der Waals surface area contributed by atoms with Crippen LogP contribution in [0.5, 0.6) is 11.5 Å². The molecule has 1 aromatic heterocycles. The van der Waals surface area contributed by atoms with Gasteiger partial charge in [0.2, 0.25) is 0 Å². The Bertz CT molecular complexity index is 777. The second-order valence-electron chi connectivity index (χ2n) is 6.11. The molecule has 0 aliphatic carbocycles. The number of guanidine groups is 1. The molecule has 0 fully saturated rings. The molecule has 0 atom stereocenters. The maximum atomic E-state index is 5.34. The van der Waals surface area contributed by atoms with Gasteiger partial charge in [0.25, 0.3) is 0 Å². The molecule has 9 heteroatoms. The molecule has 0 radical (unpaired) electrons. The molecule has 1 aliphatic heterocycles. The predicted octanol–water partition coefficient (Wildman–Crippen LogP) is 2.11. The van der Waals surface area contributed by atoms with E-state index in [1.54, 1.807) is 21.3 Å². The first-order valence-corrected chi connectivity index (χ1v) is 8.81. The summed E-state index contributed by atoms with van der Waals surface area (Å²) >= 11 is 0. The summed E-state index contributed by atoms with van der Waals surface area (Å²) in [4.78, 5) is 4.27. The average Bonchev–Trinajstić information content (AvgIpc) is 3.11. The summed E-state index contributed by atoms with van der Waals surface area (Å²) < 4.78 is 12.8. The van der Waals surface area contributed by atoms with Crippen LogP contribution in [-0.2, 0) is 26.1 Å². The Morgan fingerprint density at radius 1 is 1.11 bits per heavy atom. The summed E-state index contributed by atoms with van der Waals surface area (Å²) in [6.07, 6.45) is 3.39. The Morgan fingerprint density at radius 2 is 1.89 bits per heavy atom. The summed E-state index contributed by atoms with van der Waals surface area (Å²) in [5, 5.41) is 15.2. The fourth-order valence-electron chi connectivity index (χ4n) is 3.06. The summed E-state index contributed by atoms with van der Waals surface area (Å²) in [6, 6.07) is 5.85. The van der Waals surface area contributed by atoms with Gasteiger partial charge in [-0.2, -0.15) is 0 Å². The quantitative estimate of drug-likeness (QED) is 0.370. The van der Waals surface area contributed by atoms with Crippen molar-refractivity contribution in [2.24, 2.45) is 4.99 Å². The minimum absolute atomic E-state index is 0. The van der Waals surface area contributed by atoms with Crippen molar-refractivity contribution in [3.63, 3.8) is 0 Å². The van der Waals surface area contributed by atoms with Gasteiger partial charge in [-0.3, -0.25) is 4.99 Å². The molecule has 0 saturated heterocycles. The van der Waals surface area contributed by atoms with Crippen molar-refractivity contribution in [3.8, 4) is 11.5 Å². The van der Waals surface area contributed by atoms with E-state index < -0.39 is 0 Å². The second kappa shape index (κ2) is 10.3. The van der Waals surface area contributed by atoms with Gasteiger partial charge in [-0.25, -0.2) is 0 Å². The lowest BCUT2D eigenvalue weighted by atomic mass is 10.2. The van der Waals surface area contributed by atoms with Gasteiger partial charge < -0.3 is 24.7 Å². The molecule has 0 unspecified atom stereocenters. The van der Waals surface area contributed by atoms with Crippen LogP contribution in [-0.4, -0.2) is 42.0 Å². The maximum absolute atomic E-state index is 5.34. The molecule has 0 spiro atoms. The van der Waals surface area contributed by atoms with Crippen LogP contribution in [0.2, 0.25) is 0 Å². The Kier molecular flexibility index (Phi) is 8.14. The van der Waals surface area contributed by atoms with E-state index in [4.69, 9.17) is 9.47 Å². The molecule has 2 N–H and O–H groups in total. The lowest BCUT2D eigenvalue weighted by Gasteiger charge is -2.16. The summed E-state index contributed by atoms with van der Waals surface area (Å²) in [5.74, 6) is 4.18. The van der Waals surface area contributed by atoms with Crippen molar-refractivity contribution in [3.05, 3.63) is 35.4 Å². The van der Waals surface area contributed by atoms with Crippen LogP contribution in [0.3, 0.4) is 0 Å². The summed E-state index contributed by atoms with van der Waals surface area (Å²) in [5.41, 5.74) is 1.07. The van der Waals surface area contributed by atoms with Crippen molar-refractivity contribution in [1.29, 1.82) is 0 Å². The van der Waals surface area contributed by atoms with Gasteiger partial charge in [-0.15, -0.1) is 34.2 Å². The number of aryl methyl sites for hydroxylation is 1. The number of nitrogens with one attached hydrogen (secondary N) is 2. The SMILES string of the molecule is CN=C(NCc1ccc(OC)c(OC)c1)NCc1nnc2n1CCCC2.I. The zero-order chi connectivity index (χ0) is 18.4. The minimum atomic E-state index is 0. The van der Waals surface area contributed by atoms with Gasteiger partial charge in [-0.1, -0.05) is 6.07 Å². The smallest absolute Gasteiger partial charge is 0.191 e. The molecule has 8 nitrogen and oxygen atoms in total. The Labute approximate surface area is 176 Å². The van der Waals surface area contributed by atoms with E-state index in [1.165, 1.54) is 12.8 Å². The van der Waals surface area contributed by atoms with Gasteiger partial charge in [0.05, 0.1) is 20.8 Å². The highest BCUT2D eigenvalue weighted by molar-refractivity contribution is 14.0. The number of methoxy groups -OCH3 is 2. The van der Waals surface area contributed by atoms with Crippen molar-refractivity contribution < 1.29 is 9.47 Å². The third-order valence-corrected chi connectivity index (χ3v) is 4.48. The van der Waals surface area contributed by atoms with Gasteiger partial charge >= 0.3 is 0 Å². The summed E-state index contributed by atoms with van der Waals surface area (Å²) in [6.45, 7) is 2.22. The number of hydrogen-bond donors (Lipinski definition) is 2. The molecule has 2 heterocycles. The molecular formula is C18H27IN6O2. The largest absolute Gasteiger partial charge is 0.493 e. The Balaban J connectivity index is 0.00000261. The first kappa shape index (κ1) is 21.3. The molecule has 0 bridgehead atoms. The normalized spacial score (nSPS) is 13.4. The van der Waals surface area contributed by atoms with Crippen molar-refractivity contribution in [2.45, 2.75) is 38.9 Å². The van der Waals surface area contributed by atoms with E-state index in [0.29, 0.717) is 24.8 Å². The van der Waals surface area contributed by atoms with Crippen molar-refractivity contribution in [1.82, 2.24) is 25.4 Å². The monoisotopic (exact) mass is 486 g/mol. The zero-order valence-electron chi connectivity index (χ0n) is 16.0. The van der Waals surface area contributed by atoms with E-state index in [2.05, 4.69) is 30.4 Å². The fourth-order valence-corrected chi connectivity index (χ4v) is 3.06. The zero-order valence-corrected chi connectivity index (χ0v) is 18.3. The molecule has 0 amide bonds. The third kappa shape index (κ3) is 5.24. The number of aromatic nitrogens is 3. The van der Waals surface area contributed by atoms with Crippen LogP contribution < -0.4 is 20.1 Å². The van der Waals surface area contributed by atoms with E-state index in [-0.39, 0.29) is 24.0 Å². The molecule has 2 aromatic rings. The van der Waals surface area contributed by atoms with Crippen LogP contribution in [0.4, 0.5) is 0 Å². The lowest BCUT2D eigenvalue weighted by molar-refractivity contribution is 0.354. The molecule has 1 aliphatic rings. The number of ether oxygens (including phenoxy) is 2. The highest BCUT2D eigenvalue weighted by atomic mass is 127. The number of halogens is 1. The van der Waals surface area contributed by atoms with Crippen molar-refractivity contribution in [2.75, 3.05) is 21.3 Å². The van der Waals surface area contributed by atoms with E-state index in [9.17, 15) is 0 Å². The van der Waals surface area contributed by atoms with Crippen LogP contribution >= 0.6 is 24.0 Å². The highest BCUT2D eigenvalue weighted by Crippen LogP contribution is 2.27. The van der Waals surface area contributed by atoms with E-state index >= 15 is 0 Å². The van der Waals surface area contributed by atoms with Gasteiger partial charge in [0.15, 0.2) is 23.3 Å². The molecule has 1 aromatic carbocycles. The molecule has 0 saturated carbocycles. The molecule has 27 heavy (non-hydrogen) atoms. The standard InChI is InChI=1S/C18H26N6O2.HI/c1-19-18(20-11-13-7-8-14(25-2)15(10-13)26-3)21-12-17-23-22-16-6-4-5-9-24(16)17;/h7-8,10H,4-6,9,11-12H2,1-3H3,(H2,19,20,21);1H. The fraction of sp³-hybridized carbons (Fsp3) is 0.500. The average molecular weight is 486 g/mol. The first-order chi connectivity index (χ1) is 12.7. The Morgan fingerprint density at radius 3 is 2.63 bits per heavy atom. The van der Waals surface area contributed by atoms with Gasteiger partial charge in [0, 0.05) is 26.6 Å². The van der Waals surface area contributed by atoms with Crippen LogP contribution in [0.15, 0.2) is 23.2 Å². The molecule has 148 valence electrons. The number of rotatable bonds is 6. The number of nitrogens with zero attached hydrogens (tertiary/aromatic N) is 4. The maximum Gasteiger partial charge on any atom is 0.191 e. The number of fused-ring (bicyclic) bond motifs is 1. The highest BCUT2D eigenvalue weighted by Gasteiger charge is 2.15. The van der Waals surface area contributed by atoms with Crippen LogP contribution in [0.1, 0.15) is 30.1 Å². The van der Waals surface area contributed by atoms with Crippen LogP contribution in [0.25, 0.3) is 0 Å². The molecule has 3 rings (SSSR count). The van der Waals surface area contributed by atoms with Crippen LogP contribution in [0, 0.1) is 0 Å². The second-order valence-corrected chi connectivity index (χ2v) is 6.11. The van der Waals surface area contributed by atoms with Gasteiger partial charge in [-0.05, 0) is 30.5 Å². The van der Waals surface area contributed by atoms with Gasteiger partial charge in [0.1, 0.15) is 5.82 Å².